The minimum Gasteiger partial charge on any atom is -0.496 e. The lowest BCUT2D eigenvalue weighted by atomic mass is 10.1. The van der Waals surface area contributed by atoms with Gasteiger partial charge >= 0.3 is 6.18 Å². The monoisotopic (exact) mass is 430 g/mol. The van der Waals surface area contributed by atoms with Crippen molar-refractivity contribution in [1.29, 1.82) is 0 Å². The summed E-state index contributed by atoms with van der Waals surface area (Å²) in [6.07, 6.45) is -4.73. The molecule has 0 aromatic heterocycles. The van der Waals surface area contributed by atoms with E-state index >= 15 is 0 Å². The van der Waals surface area contributed by atoms with Crippen LogP contribution in [0.4, 0.5) is 18.9 Å². The molecule has 0 saturated heterocycles. The third-order valence-corrected chi connectivity index (χ3v) is 5.37. The van der Waals surface area contributed by atoms with Gasteiger partial charge in [0.05, 0.1) is 18.4 Å². The van der Waals surface area contributed by atoms with Crippen LogP contribution in [-0.2, 0) is 21.2 Å². The number of hydrogen-bond donors (Lipinski definition) is 2. The Bertz CT molecular complexity index is 964. The number of carbonyl (C=O) groups is 1. The van der Waals surface area contributed by atoms with Crippen molar-refractivity contribution >= 4 is 21.6 Å². The predicted octanol–water partition coefficient (Wildman–Crippen LogP) is 3.33. The number of nitrogens with one attached hydrogen (secondary N) is 2. The second-order valence-electron chi connectivity index (χ2n) is 6.46. The Balaban J connectivity index is 2.08. The molecule has 29 heavy (non-hydrogen) atoms. The molecule has 0 aliphatic rings. The van der Waals surface area contributed by atoms with Gasteiger partial charge < -0.3 is 10.1 Å². The normalized spacial score (nSPS) is 11.8. The Hall–Kier alpha value is -2.75. The molecule has 0 unspecified atom stereocenters. The summed E-state index contributed by atoms with van der Waals surface area (Å²) in [6, 6.07) is 8.80. The fraction of sp³-hybridized carbons (Fsp3) is 0.316. The minimum atomic E-state index is -4.48. The molecule has 1 amide bonds. The minimum absolute atomic E-state index is 0.0731. The average Bonchev–Trinajstić information content (AvgIpc) is 2.60. The highest BCUT2D eigenvalue weighted by molar-refractivity contribution is 7.92. The summed E-state index contributed by atoms with van der Waals surface area (Å²) < 4.78 is 69.2. The molecule has 0 atom stereocenters. The van der Waals surface area contributed by atoms with Crippen LogP contribution in [0.2, 0.25) is 0 Å². The second-order valence-corrected chi connectivity index (χ2v) is 8.14. The first-order valence-corrected chi connectivity index (χ1v) is 10.00. The van der Waals surface area contributed by atoms with E-state index in [0.717, 1.165) is 0 Å². The zero-order chi connectivity index (χ0) is 21.8. The summed E-state index contributed by atoms with van der Waals surface area (Å²) in [5.41, 5.74) is 2.06. The van der Waals surface area contributed by atoms with E-state index in [1.807, 2.05) is 0 Å². The first-order valence-electron chi connectivity index (χ1n) is 8.52. The smallest absolute Gasteiger partial charge is 0.405 e. The van der Waals surface area contributed by atoms with E-state index in [4.69, 9.17) is 4.74 Å². The number of sulfonamides is 1. The molecular formula is C19H21F3N2O4S. The highest BCUT2D eigenvalue weighted by atomic mass is 32.2. The van der Waals surface area contributed by atoms with Crippen molar-refractivity contribution < 1.29 is 31.1 Å². The molecule has 2 N–H and O–H groups in total. The lowest BCUT2D eigenvalue weighted by molar-refractivity contribution is -0.138. The van der Waals surface area contributed by atoms with Crippen LogP contribution < -0.4 is 14.8 Å². The fourth-order valence-electron chi connectivity index (χ4n) is 2.74. The van der Waals surface area contributed by atoms with E-state index in [0.29, 0.717) is 22.4 Å². The highest BCUT2D eigenvalue weighted by Crippen LogP contribution is 2.27. The molecule has 0 radical (unpaired) electrons. The SMILES string of the molecule is COc1c(C)cc(S(=O)(=O)Nc2ccc(CC(=O)NCC(F)(F)F)cc2)cc1C. The third kappa shape index (κ3) is 6.38. The predicted molar refractivity (Wildman–Crippen MR) is 102 cm³/mol. The van der Waals surface area contributed by atoms with Gasteiger partial charge in [0.15, 0.2) is 0 Å². The Kier molecular flexibility index (Phi) is 6.78. The van der Waals surface area contributed by atoms with Crippen LogP contribution in [0.25, 0.3) is 0 Å². The van der Waals surface area contributed by atoms with Crippen LogP contribution in [0.1, 0.15) is 16.7 Å². The van der Waals surface area contributed by atoms with Gasteiger partial charge in [0, 0.05) is 5.69 Å². The lowest BCUT2D eigenvalue weighted by Crippen LogP contribution is -2.34. The molecule has 0 aliphatic heterocycles. The van der Waals surface area contributed by atoms with Gasteiger partial charge in [0.25, 0.3) is 10.0 Å². The van der Waals surface area contributed by atoms with Crippen molar-refractivity contribution in [3.63, 3.8) is 0 Å². The number of aryl methyl sites for hydroxylation is 2. The Morgan fingerprint density at radius 1 is 1.07 bits per heavy atom. The first kappa shape index (κ1) is 22.5. The molecule has 0 fully saturated rings. The lowest BCUT2D eigenvalue weighted by Gasteiger charge is -2.13. The van der Waals surface area contributed by atoms with Crippen molar-refractivity contribution in [3.8, 4) is 5.75 Å². The molecule has 2 rings (SSSR count). The van der Waals surface area contributed by atoms with Crippen molar-refractivity contribution in [2.75, 3.05) is 18.4 Å². The zero-order valence-electron chi connectivity index (χ0n) is 16.1. The molecule has 158 valence electrons. The van der Waals surface area contributed by atoms with Gasteiger partial charge in [-0.05, 0) is 54.8 Å². The van der Waals surface area contributed by atoms with E-state index in [1.54, 1.807) is 19.2 Å². The number of amides is 1. The maximum atomic E-state index is 12.6. The summed E-state index contributed by atoms with van der Waals surface area (Å²) in [5.74, 6) is -0.169. The van der Waals surface area contributed by atoms with E-state index in [-0.39, 0.29) is 17.0 Å². The van der Waals surface area contributed by atoms with E-state index < -0.39 is 28.7 Å². The summed E-state index contributed by atoms with van der Waals surface area (Å²) in [6.45, 7) is 2.08. The maximum Gasteiger partial charge on any atom is 0.405 e. The number of rotatable bonds is 7. The molecule has 0 spiro atoms. The number of halogens is 3. The van der Waals surface area contributed by atoms with Crippen molar-refractivity contribution in [1.82, 2.24) is 5.32 Å². The van der Waals surface area contributed by atoms with Gasteiger partial charge in [-0.2, -0.15) is 13.2 Å². The molecule has 0 heterocycles. The quantitative estimate of drug-likeness (QED) is 0.706. The highest BCUT2D eigenvalue weighted by Gasteiger charge is 2.27. The van der Waals surface area contributed by atoms with E-state index in [1.165, 1.54) is 43.5 Å². The van der Waals surface area contributed by atoms with Crippen molar-refractivity contribution in [2.45, 2.75) is 31.3 Å². The van der Waals surface area contributed by atoms with Crippen LogP contribution in [0.5, 0.6) is 5.75 Å². The first-order chi connectivity index (χ1) is 13.4. The number of ether oxygens (including phenoxy) is 1. The standard InChI is InChI=1S/C19H21F3N2O4S/c1-12-8-16(9-13(2)18(12)28-3)29(26,27)24-15-6-4-14(5-7-15)10-17(25)23-11-19(20,21)22/h4-9,24H,10-11H2,1-3H3,(H,23,25). The second kappa shape index (κ2) is 8.73. The van der Waals surface area contributed by atoms with Crippen molar-refractivity contribution in [3.05, 3.63) is 53.1 Å². The molecule has 6 nitrogen and oxygen atoms in total. The Morgan fingerprint density at radius 2 is 1.62 bits per heavy atom. The summed E-state index contributed by atoms with van der Waals surface area (Å²) in [5, 5.41) is 1.78. The summed E-state index contributed by atoms with van der Waals surface area (Å²) >= 11 is 0. The summed E-state index contributed by atoms with van der Waals surface area (Å²) in [7, 11) is -2.35. The molecule has 2 aromatic rings. The third-order valence-electron chi connectivity index (χ3n) is 4.01. The largest absolute Gasteiger partial charge is 0.496 e. The molecular weight excluding hydrogens is 409 g/mol. The number of benzene rings is 2. The van der Waals surface area contributed by atoms with Crippen molar-refractivity contribution in [2.24, 2.45) is 0 Å². The average molecular weight is 430 g/mol. The van der Waals surface area contributed by atoms with Gasteiger partial charge in [-0.1, -0.05) is 12.1 Å². The number of carbonyl (C=O) groups excluding carboxylic acids is 1. The molecule has 0 aliphatic carbocycles. The molecule has 0 bridgehead atoms. The Labute approximate surface area is 167 Å². The zero-order valence-corrected chi connectivity index (χ0v) is 16.9. The fourth-order valence-corrected chi connectivity index (χ4v) is 3.97. The van der Waals surface area contributed by atoms with Crippen LogP contribution >= 0.6 is 0 Å². The number of hydrogen-bond acceptors (Lipinski definition) is 4. The Morgan fingerprint density at radius 3 is 2.10 bits per heavy atom. The maximum absolute atomic E-state index is 12.6. The topological polar surface area (TPSA) is 84.5 Å². The van der Waals surface area contributed by atoms with Gasteiger partial charge in [0.2, 0.25) is 5.91 Å². The van der Waals surface area contributed by atoms with Gasteiger partial charge in [-0.25, -0.2) is 8.42 Å². The molecule has 10 heteroatoms. The number of methoxy groups -OCH3 is 1. The number of anilines is 1. The van der Waals surface area contributed by atoms with Crippen LogP contribution in [-0.4, -0.2) is 34.2 Å². The van der Waals surface area contributed by atoms with Crippen LogP contribution in [0.3, 0.4) is 0 Å². The summed E-state index contributed by atoms with van der Waals surface area (Å²) in [4.78, 5) is 11.6. The molecule has 2 aromatic carbocycles. The van der Waals surface area contributed by atoms with E-state index in [9.17, 15) is 26.4 Å². The van der Waals surface area contributed by atoms with Crippen LogP contribution in [0.15, 0.2) is 41.3 Å². The van der Waals surface area contributed by atoms with Gasteiger partial charge in [0.1, 0.15) is 12.3 Å². The van der Waals surface area contributed by atoms with E-state index in [2.05, 4.69) is 4.72 Å². The van der Waals surface area contributed by atoms with Crippen LogP contribution in [0, 0.1) is 13.8 Å². The van der Waals surface area contributed by atoms with Gasteiger partial charge in [-0.15, -0.1) is 0 Å². The molecule has 0 saturated carbocycles. The number of alkyl halides is 3. The van der Waals surface area contributed by atoms with Gasteiger partial charge in [-0.3, -0.25) is 9.52 Å².